The second-order valence-corrected chi connectivity index (χ2v) is 5.69. The van der Waals surface area contributed by atoms with Gasteiger partial charge in [-0.1, -0.05) is 65.2 Å². The van der Waals surface area contributed by atoms with Crippen molar-refractivity contribution in [2.75, 3.05) is 0 Å². The molecule has 0 bridgehead atoms. The molecule has 2 rings (SSSR count). The molecule has 0 aromatic rings. The Morgan fingerprint density at radius 2 is 1.14 bits per heavy atom. The fourth-order valence-electron chi connectivity index (χ4n) is 3.96. The van der Waals surface area contributed by atoms with E-state index in [0.29, 0.717) is 0 Å². The van der Waals surface area contributed by atoms with Crippen LogP contribution in [0.1, 0.15) is 65.2 Å². The molecule has 2 aliphatic rings. The molecule has 0 spiro atoms. The molecule has 0 heteroatoms. The summed E-state index contributed by atoms with van der Waals surface area (Å²) in [7, 11) is 0. The standard InChI is InChI=1S/C14H25/c1-11(2)14(12-7-3-4-8-12)13-9-5-6-10-13/h12-14H,3-10H2,1-2H3. The summed E-state index contributed by atoms with van der Waals surface area (Å²) in [5.41, 5.74) is 0. The molecule has 0 atom stereocenters. The maximum Gasteiger partial charge on any atom is -0.0267 e. The normalized spacial score (nSPS) is 25.7. The molecule has 0 aromatic carbocycles. The highest BCUT2D eigenvalue weighted by molar-refractivity contribution is 4.97. The van der Waals surface area contributed by atoms with E-state index in [9.17, 15) is 0 Å². The van der Waals surface area contributed by atoms with Crippen LogP contribution in [0.15, 0.2) is 0 Å². The van der Waals surface area contributed by atoms with Gasteiger partial charge in [-0.3, -0.25) is 0 Å². The van der Waals surface area contributed by atoms with E-state index in [-0.39, 0.29) is 0 Å². The van der Waals surface area contributed by atoms with Crippen molar-refractivity contribution in [3.8, 4) is 0 Å². The van der Waals surface area contributed by atoms with Gasteiger partial charge in [0.25, 0.3) is 0 Å². The number of rotatable bonds is 3. The Labute approximate surface area is 89.5 Å². The predicted octanol–water partition coefficient (Wildman–Crippen LogP) is 4.60. The topological polar surface area (TPSA) is 0 Å². The Bertz CT molecular complexity index is 143. The van der Waals surface area contributed by atoms with E-state index >= 15 is 0 Å². The average Bonchev–Trinajstić information content (AvgIpc) is 2.75. The van der Waals surface area contributed by atoms with Gasteiger partial charge in [-0.2, -0.15) is 0 Å². The van der Waals surface area contributed by atoms with Crippen LogP contribution < -0.4 is 0 Å². The van der Waals surface area contributed by atoms with E-state index in [1.807, 2.05) is 0 Å². The molecular weight excluding hydrogens is 168 g/mol. The Balaban J connectivity index is 1.98. The van der Waals surface area contributed by atoms with Crippen LogP contribution in [0.4, 0.5) is 0 Å². The summed E-state index contributed by atoms with van der Waals surface area (Å²) < 4.78 is 0. The quantitative estimate of drug-likeness (QED) is 0.614. The lowest BCUT2D eigenvalue weighted by atomic mass is 9.73. The summed E-state index contributed by atoms with van der Waals surface area (Å²) in [6.45, 7) is 4.75. The molecule has 0 nitrogen and oxygen atoms in total. The van der Waals surface area contributed by atoms with Crippen LogP contribution in [-0.2, 0) is 0 Å². The summed E-state index contributed by atoms with van der Waals surface area (Å²) in [6.07, 6.45) is 12.1. The first-order valence-electron chi connectivity index (χ1n) is 6.59. The summed E-state index contributed by atoms with van der Waals surface area (Å²) >= 11 is 0. The van der Waals surface area contributed by atoms with Gasteiger partial charge in [-0.05, 0) is 23.7 Å². The van der Waals surface area contributed by atoms with Crippen LogP contribution in [0.3, 0.4) is 0 Å². The highest BCUT2D eigenvalue weighted by Crippen LogP contribution is 2.45. The monoisotopic (exact) mass is 193 g/mol. The van der Waals surface area contributed by atoms with Crippen molar-refractivity contribution in [2.45, 2.75) is 65.2 Å². The first kappa shape index (κ1) is 10.5. The fraction of sp³-hybridized carbons (Fsp3) is 0.929. The van der Waals surface area contributed by atoms with Crippen LogP contribution in [0.25, 0.3) is 0 Å². The Morgan fingerprint density at radius 1 is 0.786 bits per heavy atom. The fourth-order valence-corrected chi connectivity index (χ4v) is 3.96. The smallest absolute Gasteiger partial charge is 0.0267 e. The maximum atomic E-state index is 2.38. The van der Waals surface area contributed by atoms with Crippen LogP contribution in [0.2, 0.25) is 0 Å². The molecule has 0 aromatic heterocycles. The van der Waals surface area contributed by atoms with Gasteiger partial charge in [-0.25, -0.2) is 0 Å². The third-order valence-corrected chi connectivity index (χ3v) is 4.48. The van der Waals surface area contributed by atoms with Gasteiger partial charge < -0.3 is 0 Å². The van der Waals surface area contributed by atoms with Gasteiger partial charge in [0.15, 0.2) is 0 Å². The highest BCUT2D eigenvalue weighted by Gasteiger charge is 2.34. The molecule has 0 N–H and O–H groups in total. The van der Waals surface area contributed by atoms with E-state index in [1.54, 1.807) is 5.92 Å². The molecule has 81 valence electrons. The third kappa shape index (κ3) is 2.15. The molecule has 0 saturated heterocycles. The van der Waals surface area contributed by atoms with Crippen LogP contribution >= 0.6 is 0 Å². The van der Waals surface area contributed by atoms with Gasteiger partial charge >= 0.3 is 0 Å². The molecular formula is C14H25. The lowest BCUT2D eigenvalue weighted by molar-refractivity contribution is 0.245. The number of hydrogen-bond donors (Lipinski definition) is 0. The highest BCUT2D eigenvalue weighted by atomic mass is 14.4. The van der Waals surface area contributed by atoms with Gasteiger partial charge in [0.2, 0.25) is 0 Å². The van der Waals surface area contributed by atoms with E-state index in [1.165, 1.54) is 51.4 Å². The van der Waals surface area contributed by atoms with Crippen LogP contribution in [0.5, 0.6) is 0 Å². The first-order chi connectivity index (χ1) is 6.79. The van der Waals surface area contributed by atoms with Crippen molar-refractivity contribution >= 4 is 0 Å². The molecule has 2 fully saturated rings. The second-order valence-electron chi connectivity index (χ2n) is 5.69. The van der Waals surface area contributed by atoms with Crippen LogP contribution in [-0.4, -0.2) is 0 Å². The van der Waals surface area contributed by atoms with E-state index in [2.05, 4.69) is 13.8 Å². The van der Waals surface area contributed by atoms with E-state index in [4.69, 9.17) is 0 Å². The summed E-state index contributed by atoms with van der Waals surface area (Å²) in [5.74, 6) is 4.83. The van der Waals surface area contributed by atoms with Crippen molar-refractivity contribution in [2.24, 2.45) is 17.8 Å². The minimum atomic E-state index is 0.986. The van der Waals surface area contributed by atoms with Crippen molar-refractivity contribution in [1.29, 1.82) is 0 Å². The summed E-state index contributed by atoms with van der Waals surface area (Å²) in [5, 5.41) is 0. The molecule has 0 heterocycles. The van der Waals surface area contributed by atoms with Crippen LogP contribution in [0, 0.1) is 23.7 Å². The molecule has 1 radical (unpaired) electrons. The van der Waals surface area contributed by atoms with Gasteiger partial charge in [0.05, 0.1) is 0 Å². The lowest BCUT2D eigenvalue weighted by Crippen LogP contribution is -2.24. The maximum absolute atomic E-state index is 2.38. The molecule has 0 unspecified atom stereocenters. The minimum absolute atomic E-state index is 0.986. The Hall–Kier alpha value is 0. The minimum Gasteiger partial charge on any atom is -0.0591 e. The predicted molar refractivity (Wildman–Crippen MR) is 62.0 cm³/mol. The Kier molecular flexibility index (Phi) is 3.52. The zero-order chi connectivity index (χ0) is 9.97. The largest absolute Gasteiger partial charge is 0.0591 e. The van der Waals surface area contributed by atoms with Gasteiger partial charge in [-0.15, -0.1) is 0 Å². The van der Waals surface area contributed by atoms with Crippen molar-refractivity contribution in [1.82, 2.24) is 0 Å². The van der Waals surface area contributed by atoms with Crippen molar-refractivity contribution in [3.05, 3.63) is 5.92 Å². The number of hydrogen-bond acceptors (Lipinski definition) is 0. The summed E-state index contributed by atoms with van der Waals surface area (Å²) in [4.78, 5) is 0. The molecule has 0 amide bonds. The Morgan fingerprint density at radius 3 is 1.43 bits per heavy atom. The zero-order valence-corrected chi connectivity index (χ0v) is 9.89. The van der Waals surface area contributed by atoms with Gasteiger partial charge in [0, 0.05) is 0 Å². The first-order valence-corrected chi connectivity index (χ1v) is 6.59. The molecule has 14 heavy (non-hydrogen) atoms. The lowest BCUT2D eigenvalue weighted by Gasteiger charge is -2.32. The van der Waals surface area contributed by atoms with Gasteiger partial charge in [0.1, 0.15) is 0 Å². The zero-order valence-electron chi connectivity index (χ0n) is 9.89. The SMILES string of the molecule is C[C](C)C(C1CCCC1)C1CCCC1. The molecule has 2 saturated carbocycles. The molecule has 2 aliphatic carbocycles. The second kappa shape index (κ2) is 4.68. The van der Waals surface area contributed by atoms with E-state index < -0.39 is 0 Å². The van der Waals surface area contributed by atoms with E-state index in [0.717, 1.165) is 17.8 Å². The average molecular weight is 193 g/mol. The molecule has 0 aliphatic heterocycles. The third-order valence-electron chi connectivity index (χ3n) is 4.48. The summed E-state index contributed by atoms with van der Waals surface area (Å²) in [6, 6.07) is 0. The van der Waals surface area contributed by atoms with Crippen molar-refractivity contribution < 1.29 is 0 Å². The van der Waals surface area contributed by atoms with Crippen molar-refractivity contribution in [3.63, 3.8) is 0 Å².